The van der Waals surface area contributed by atoms with Crippen LogP contribution in [-0.2, 0) is 17.8 Å². The lowest BCUT2D eigenvalue weighted by Crippen LogP contribution is -2.66. The van der Waals surface area contributed by atoms with E-state index in [0.29, 0.717) is 73.2 Å². The van der Waals surface area contributed by atoms with Crippen LogP contribution in [0.4, 0.5) is 25.8 Å². The highest BCUT2D eigenvalue weighted by molar-refractivity contribution is 6.37. The number of nitrogens with zero attached hydrogens (tertiary/aromatic N) is 5. The lowest BCUT2D eigenvalue weighted by atomic mass is 9.92. The third kappa shape index (κ3) is 4.17. The molecule has 1 aromatic heterocycles. The van der Waals surface area contributed by atoms with Crippen molar-refractivity contribution in [2.24, 2.45) is 0 Å². The number of hydrogen-bond donors (Lipinski definition) is 2. The Labute approximate surface area is 271 Å². The number of rotatable bonds is 4. The molecule has 0 radical (unpaired) electrons. The number of aromatic hydroxyl groups is 1. The first-order chi connectivity index (χ1) is 22.2. The number of anilines is 3. The Morgan fingerprint density at radius 3 is 2.93 bits per heavy atom. The predicted octanol–water partition coefficient (Wildman–Crippen LogP) is 4.54. The van der Waals surface area contributed by atoms with Gasteiger partial charge in [-0.2, -0.15) is 0 Å². The SMILES string of the molecule is CN1C(=O)C2C3CCC(CN2c2c4c(nc(OC[C@@]56CCCN5C[C@H](F)C6)c21)CN(c1cc(O)cc2ccc(F)c(Cl)c12)CC4)N3. The van der Waals surface area contributed by atoms with Crippen molar-refractivity contribution in [1.29, 1.82) is 0 Å². The molecule has 7 heterocycles. The number of amides is 1. The molecule has 9 nitrogen and oxygen atoms in total. The van der Waals surface area contributed by atoms with E-state index >= 15 is 0 Å². The smallest absolute Gasteiger partial charge is 0.251 e. The Morgan fingerprint density at radius 2 is 2.07 bits per heavy atom. The standard InChI is InChI=1S/C34H37ClF2N6O3/c1-40-31-29(43-15-20-4-6-24(38-20)30(43)33(40)45)22-7-10-41(26-12-21(44)11-18-3-5-23(37)28(35)27(18)26)16-25(22)39-32(31)46-17-34-8-2-9-42(34)14-19(36)13-34/h3,5,11-12,19-20,24,30,38,44H,2,4,6-10,13-17H2,1H3/t19-,20?,24?,30?,34+/m1/s1. The highest BCUT2D eigenvalue weighted by atomic mass is 35.5. The van der Waals surface area contributed by atoms with Gasteiger partial charge in [0.1, 0.15) is 36.1 Å². The number of aromatic nitrogens is 1. The maximum absolute atomic E-state index is 14.7. The van der Waals surface area contributed by atoms with Gasteiger partial charge >= 0.3 is 0 Å². The zero-order valence-corrected chi connectivity index (χ0v) is 26.5. The number of carbonyl (C=O) groups excluding carboxylic acids is 1. The summed E-state index contributed by atoms with van der Waals surface area (Å²) in [6.45, 7) is 3.29. The number of nitrogens with one attached hydrogen (secondary N) is 1. The molecule has 12 heteroatoms. The van der Waals surface area contributed by atoms with E-state index in [1.807, 2.05) is 7.05 Å². The number of alkyl halides is 1. The average molecular weight is 651 g/mol. The number of halogens is 3. The van der Waals surface area contributed by atoms with Gasteiger partial charge in [0.2, 0.25) is 5.88 Å². The third-order valence-electron chi connectivity index (χ3n) is 11.4. The molecule has 1 amide bonds. The van der Waals surface area contributed by atoms with Crippen molar-refractivity contribution in [1.82, 2.24) is 15.2 Å². The van der Waals surface area contributed by atoms with Crippen molar-refractivity contribution in [2.75, 3.05) is 54.5 Å². The van der Waals surface area contributed by atoms with Gasteiger partial charge in [0.15, 0.2) is 0 Å². The van der Waals surface area contributed by atoms with E-state index < -0.39 is 12.0 Å². The molecule has 6 aliphatic rings. The lowest BCUT2D eigenvalue weighted by Gasteiger charge is -2.49. The second kappa shape index (κ2) is 10.3. The van der Waals surface area contributed by atoms with Gasteiger partial charge in [0, 0.05) is 62.2 Å². The molecule has 2 bridgehead atoms. The molecular weight excluding hydrogens is 614 g/mol. The fourth-order valence-corrected chi connectivity index (χ4v) is 9.63. The maximum atomic E-state index is 14.7. The summed E-state index contributed by atoms with van der Waals surface area (Å²) in [6.07, 6.45) is 4.05. The zero-order valence-electron chi connectivity index (χ0n) is 25.7. The highest BCUT2D eigenvalue weighted by Crippen LogP contribution is 2.50. The van der Waals surface area contributed by atoms with E-state index in [2.05, 4.69) is 20.0 Å². The van der Waals surface area contributed by atoms with E-state index in [4.69, 9.17) is 21.3 Å². The second-order valence-electron chi connectivity index (χ2n) is 14.0. The molecule has 3 aromatic rings. The summed E-state index contributed by atoms with van der Waals surface area (Å²) in [6, 6.07) is 6.23. The molecule has 5 atom stereocenters. The quantitative estimate of drug-likeness (QED) is 0.426. The largest absolute Gasteiger partial charge is 0.508 e. The molecule has 6 aliphatic heterocycles. The van der Waals surface area contributed by atoms with Crippen molar-refractivity contribution in [2.45, 2.75) is 74.9 Å². The number of pyridine rings is 1. The minimum absolute atomic E-state index is 0.0168. The van der Waals surface area contributed by atoms with E-state index in [1.54, 1.807) is 23.1 Å². The number of fused-ring (bicyclic) bond motifs is 10. The van der Waals surface area contributed by atoms with Crippen LogP contribution >= 0.6 is 11.6 Å². The number of ether oxygens (including phenoxy) is 1. The normalized spacial score (nSPS) is 30.1. The van der Waals surface area contributed by atoms with E-state index in [1.165, 1.54) is 6.07 Å². The van der Waals surface area contributed by atoms with Crippen molar-refractivity contribution in [3.63, 3.8) is 0 Å². The summed E-state index contributed by atoms with van der Waals surface area (Å²) in [5.74, 6) is -0.0243. The molecule has 46 heavy (non-hydrogen) atoms. The highest BCUT2D eigenvalue weighted by Gasteiger charge is 2.52. The van der Waals surface area contributed by atoms with Crippen LogP contribution in [0.1, 0.15) is 43.4 Å². The molecule has 2 aromatic carbocycles. The molecular formula is C34H37ClF2N6O3. The van der Waals surface area contributed by atoms with E-state index in [0.717, 1.165) is 55.7 Å². The van der Waals surface area contributed by atoms with Crippen molar-refractivity contribution in [3.05, 3.63) is 46.4 Å². The van der Waals surface area contributed by atoms with Crippen LogP contribution in [0.3, 0.4) is 0 Å². The molecule has 3 unspecified atom stereocenters. The summed E-state index contributed by atoms with van der Waals surface area (Å²) in [7, 11) is 1.82. The van der Waals surface area contributed by atoms with Crippen LogP contribution in [-0.4, -0.2) is 90.6 Å². The Morgan fingerprint density at radius 1 is 1.20 bits per heavy atom. The van der Waals surface area contributed by atoms with Crippen LogP contribution in [0.15, 0.2) is 24.3 Å². The fourth-order valence-electron chi connectivity index (χ4n) is 9.36. The molecule has 9 rings (SSSR count). The third-order valence-corrected chi connectivity index (χ3v) is 11.8. The molecule has 4 fully saturated rings. The van der Waals surface area contributed by atoms with Crippen LogP contribution in [0.5, 0.6) is 11.6 Å². The first-order valence-electron chi connectivity index (χ1n) is 16.4. The molecule has 0 saturated carbocycles. The van der Waals surface area contributed by atoms with Gasteiger partial charge in [-0.05, 0) is 56.2 Å². The fraction of sp³-hybridized carbons (Fsp3) is 0.529. The summed E-state index contributed by atoms with van der Waals surface area (Å²) >= 11 is 6.52. The molecule has 242 valence electrons. The van der Waals surface area contributed by atoms with Crippen molar-refractivity contribution < 1.29 is 23.4 Å². The van der Waals surface area contributed by atoms with Gasteiger partial charge in [0.25, 0.3) is 5.91 Å². The number of benzene rings is 2. The zero-order chi connectivity index (χ0) is 31.5. The Kier molecular flexibility index (Phi) is 6.44. The van der Waals surface area contributed by atoms with Crippen molar-refractivity contribution >= 4 is 45.3 Å². The number of hydrogen-bond acceptors (Lipinski definition) is 8. The van der Waals surface area contributed by atoms with Gasteiger partial charge in [0.05, 0.1) is 34.2 Å². The van der Waals surface area contributed by atoms with Crippen LogP contribution in [0, 0.1) is 5.82 Å². The first kappa shape index (κ1) is 28.8. The van der Waals surface area contributed by atoms with Crippen LogP contribution in [0.2, 0.25) is 5.02 Å². The lowest BCUT2D eigenvalue weighted by molar-refractivity contribution is -0.120. The van der Waals surface area contributed by atoms with Gasteiger partial charge in [-0.3, -0.25) is 9.69 Å². The number of likely N-dealkylation sites (N-methyl/N-ethyl adjacent to an activating group) is 1. The number of piperazine rings is 1. The monoisotopic (exact) mass is 650 g/mol. The Bertz CT molecular complexity index is 1790. The summed E-state index contributed by atoms with van der Waals surface area (Å²) in [5, 5.41) is 15.5. The number of phenols is 1. The number of carbonyl (C=O) groups is 1. The molecule has 0 spiro atoms. The van der Waals surface area contributed by atoms with Gasteiger partial charge in [-0.1, -0.05) is 17.7 Å². The minimum Gasteiger partial charge on any atom is -0.508 e. The van der Waals surface area contributed by atoms with Crippen LogP contribution < -0.4 is 24.8 Å². The maximum Gasteiger partial charge on any atom is 0.251 e. The summed E-state index contributed by atoms with van der Waals surface area (Å²) < 4.78 is 36.0. The molecule has 2 N–H and O–H groups in total. The predicted molar refractivity (Wildman–Crippen MR) is 173 cm³/mol. The summed E-state index contributed by atoms with van der Waals surface area (Å²) in [4.78, 5) is 27.5. The van der Waals surface area contributed by atoms with E-state index in [-0.39, 0.29) is 34.3 Å². The van der Waals surface area contributed by atoms with Crippen molar-refractivity contribution in [3.8, 4) is 11.6 Å². The van der Waals surface area contributed by atoms with E-state index in [9.17, 15) is 18.7 Å². The second-order valence-corrected chi connectivity index (χ2v) is 14.4. The van der Waals surface area contributed by atoms with Gasteiger partial charge in [-0.15, -0.1) is 0 Å². The van der Waals surface area contributed by atoms with Gasteiger partial charge < -0.3 is 29.9 Å². The average Bonchev–Trinajstić information content (AvgIpc) is 3.70. The summed E-state index contributed by atoms with van der Waals surface area (Å²) in [5.41, 5.74) is 3.86. The minimum atomic E-state index is -0.877. The topological polar surface area (TPSA) is 84.4 Å². The van der Waals surface area contributed by atoms with Gasteiger partial charge in [-0.25, -0.2) is 13.8 Å². The number of phenolic OH excluding ortho intramolecular Hbond substituents is 1. The Balaban J connectivity index is 1.16. The first-order valence-corrected chi connectivity index (χ1v) is 16.8. The van der Waals surface area contributed by atoms with Crippen LogP contribution in [0.25, 0.3) is 10.8 Å². The molecule has 4 saturated heterocycles. The Hall–Kier alpha value is -3.41. The molecule has 0 aliphatic carbocycles.